The van der Waals surface area contributed by atoms with Crippen molar-refractivity contribution in [3.63, 3.8) is 0 Å². The molecule has 0 rings (SSSR count). The quantitative estimate of drug-likeness (QED) is 0.484. The molecule has 0 saturated carbocycles. The molecule has 4 N–H and O–H groups in total. The van der Waals surface area contributed by atoms with E-state index in [1.54, 1.807) is 0 Å². The highest BCUT2D eigenvalue weighted by Gasteiger charge is 1.99. The van der Waals surface area contributed by atoms with Gasteiger partial charge in [0, 0.05) is 12.4 Å². The fourth-order valence-electron chi connectivity index (χ4n) is 0.391. The van der Waals surface area contributed by atoms with Crippen LogP contribution in [0.25, 0.3) is 0 Å². The molecule has 5 nitrogen and oxygen atoms in total. The number of hydrogen-bond donors (Lipinski definition) is 3. The molecule has 0 atom stereocenters. The number of carbonyl (C=O) groups is 2. The van der Waals surface area contributed by atoms with Gasteiger partial charge in [-0.3, -0.25) is 4.79 Å². The van der Waals surface area contributed by atoms with E-state index in [-0.39, 0.29) is 6.54 Å². The first-order valence-electron chi connectivity index (χ1n) is 3.02. The maximum Gasteiger partial charge on any atom is 0.315 e. The van der Waals surface area contributed by atoms with Gasteiger partial charge in [-0.15, -0.1) is 11.6 Å². The van der Waals surface area contributed by atoms with E-state index in [0.29, 0.717) is 12.4 Å². The Morgan fingerprint density at radius 1 is 1.36 bits per heavy atom. The van der Waals surface area contributed by atoms with Gasteiger partial charge >= 0.3 is 6.03 Å². The average Bonchev–Trinajstić information content (AvgIpc) is 1.97. The van der Waals surface area contributed by atoms with Gasteiger partial charge in [0.1, 0.15) is 0 Å². The van der Waals surface area contributed by atoms with Gasteiger partial charge in [-0.05, 0) is 0 Å². The van der Waals surface area contributed by atoms with Gasteiger partial charge in [-0.2, -0.15) is 0 Å². The van der Waals surface area contributed by atoms with Gasteiger partial charge in [0.05, 0.1) is 6.54 Å². The Morgan fingerprint density at radius 2 is 2.00 bits per heavy atom. The third-order valence-corrected chi connectivity index (χ3v) is 0.992. The second kappa shape index (κ2) is 5.79. The molecule has 64 valence electrons. The zero-order valence-electron chi connectivity index (χ0n) is 5.89. The third kappa shape index (κ3) is 6.92. The fraction of sp³-hybridized carbons (Fsp3) is 0.600. The SMILES string of the molecule is NC(=O)CNC(=O)NCCCl. The van der Waals surface area contributed by atoms with Gasteiger partial charge < -0.3 is 16.4 Å². The standard InChI is InChI=1S/C5H10ClN3O2/c6-1-2-8-5(11)9-3-4(7)10/h1-3H2,(H2,7,10)(H2,8,9,11). The molecule has 0 bridgehead atoms. The molecular formula is C5H10ClN3O2. The van der Waals surface area contributed by atoms with Gasteiger partial charge in [0.25, 0.3) is 0 Å². The predicted molar refractivity (Wildman–Crippen MR) is 41.3 cm³/mol. The summed E-state index contributed by atoms with van der Waals surface area (Å²) in [5.74, 6) is -0.240. The minimum Gasteiger partial charge on any atom is -0.368 e. The summed E-state index contributed by atoms with van der Waals surface area (Å²) in [5, 5.41) is 4.63. The fourth-order valence-corrected chi connectivity index (χ4v) is 0.485. The van der Waals surface area contributed by atoms with Crippen LogP contribution in [0.4, 0.5) is 4.79 Å². The topological polar surface area (TPSA) is 84.2 Å². The summed E-state index contributed by atoms with van der Waals surface area (Å²) in [5.41, 5.74) is 4.76. The van der Waals surface area contributed by atoms with Crippen LogP contribution < -0.4 is 16.4 Å². The van der Waals surface area contributed by atoms with Crippen LogP contribution in [0.3, 0.4) is 0 Å². The Bertz CT molecular complexity index is 151. The van der Waals surface area contributed by atoms with Crippen molar-refractivity contribution in [2.75, 3.05) is 19.0 Å². The lowest BCUT2D eigenvalue weighted by Crippen LogP contribution is -2.40. The zero-order valence-corrected chi connectivity index (χ0v) is 6.65. The molecule has 3 amide bonds. The van der Waals surface area contributed by atoms with Gasteiger partial charge in [-0.25, -0.2) is 4.79 Å². The molecule has 0 aromatic rings. The highest BCUT2D eigenvalue weighted by molar-refractivity contribution is 6.18. The lowest BCUT2D eigenvalue weighted by Gasteiger charge is -2.02. The smallest absolute Gasteiger partial charge is 0.315 e. The Kier molecular flexibility index (Phi) is 5.28. The highest BCUT2D eigenvalue weighted by atomic mass is 35.5. The summed E-state index contributed by atoms with van der Waals surface area (Å²) in [6, 6.07) is -0.440. The largest absolute Gasteiger partial charge is 0.368 e. The van der Waals surface area contributed by atoms with Crippen LogP contribution in [-0.2, 0) is 4.79 Å². The van der Waals surface area contributed by atoms with E-state index in [1.165, 1.54) is 0 Å². The number of nitrogens with two attached hydrogens (primary N) is 1. The molecule has 0 aromatic carbocycles. The number of nitrogens with one attached hydrogen (secondary N) is 2. The van der Waals surface area contributed by atoms with Crippen molar-refractivity contribution in [2.24, 2.45) is 5.73 Å². The molecule has 0 radical (unpaired) electrons. The Balaban J connectivity index is 3.30. The van der Waals surface area contributed by atoms with Crippen molar-refractivity contribution in [3.05, 3.63) is 0 Å². The van der Waals surface area contributed by atoms with E-state index in [9.17, 15) is 9.59 Å². The Morgan fingerprint density at radius 3 is 2.45 bits per heavy atom. The molecule has 11 heavy (non-hydrogen) atoms. The van der Waals surface area contributed by atoms with Crippen molar-refractivity contribution in [1.29, 1.82) is 0 Å². The second-order valence-corrected chi connectivity index (χ2v) is 2.14. The number of halogens is 1. The Hall–Kier alpha value is -0.970. The average molecular weight is 180 g/mol. The number of primary amides is 1. The second-order valence-electron chi connectivity index (χ2n) is 1.76. The molecule has 0 saturated heterocycles. The summed E-state index contributed by atoms with van der Waals surface area (Å²) in [4.78, 5) is 20.7. The third-order valence-electron chi connectivity index (χ3n) is 0.803. The first kappa shape index (κ1) is 10.0. The minimum atomic E-state index is -0.578. The summed E-state index contributed by atoms with van der Waals surface area (Å²) in [6.07, 6.45) is 0. The predicted octanol–water partition coefficient (Wildman–Crippen LogP) is -0.990. The molecule has 0 spiro atoms. The monoisotopic (exact) mass is 179 g/mol. The van der Waals surface area contributed by atoms with Crippen LogP contribution in [0.5, 0.6) is 0 Å². The van der Waals surface area contributed by atoms with E-state index in [1.807, 2.05) is 0 Å². The summed E-state index contributed by atoms with van der Waals surface area (Å²) in [7, 11) is 0. The maximum absolute atomic E-state index is 10.6. The maximum atomic E-state index is 10.6. The van der Waals surface area contributed by atoms with Crippen LogP contribution in [-0.4, -0.2) is 30.9 Å². The lowest BCUT2D eigenvalue weighted by molar-refractivity contribution is -0.117. The molecule has 0 unspecified atom stereocenters. The first-order valence-corrected chi connectivity index (χ1v) is 3.56. The van der Waals surface area contributed by atoms with Crippen molar-refractivity contribution >= 4 is 23.5 Å². The van der Waals surface area contributed by atoms with Crippen LogP contribution in [0.2, 0.25) is 0 Å². The van der Waals surface area contributed by atoms with Crippen LogP contribution in [0.1, 0.15) is 0 Å². The summed E-state index contributed by atoms with van der Waals surface area (Å²) >= 11 is 5.27. The molecule has 0 aliphatic heterocycles. The Labute approximate surface area is 69.3 Å². The van der Waals surface area contributed by atoms with Crippen LogP contribution in [0, 0.1) is 0 Å². The van der Waals surface area contributed by atoms with E-state index >= 15 is 0 Å². The highest BCUT2D eigenvalue weighted by Crippen LogP contribution is 1.70. The molecule has 6 heteroatoms. The van der Waals surface area contributed by atoms with Crippen molar-refractivity contribution in [1.82, 2.24) is 10.6 Å². The van der Waals surface area contributed by atoms with Crippen LogP contribution in [0.15, 0.2) is 0 Å². The normalized spacial score (nSPS) is 8.82. The molecule has 0 aromatic heterocycles. The minimum absolute atomic E-state index is 0.159. The molecule has 0 aliphatic carbocycles. The lowest BCUT2D eigenvalue weighted by atomic mass is 10.6. The number of amides is 3. The summed E-state index contributed by atoms with van der Waals surface area (Å²) in [6.45, 7) is 0.209. The molecule has 0 heterocycles. The first-order chi connectivity index (χ1) is 5.16. The van der Waals surface area contributed by atoms with Gasteiger partial charge in [0.15, 0.2) is 0 Å². The zero-order chi connectivity index (χ0) is 8.69. The van der Waals surface area contributed by atoms with E-state index in [2.05, 4.69) is 10.6 Å². The van der Waals surface area contributed by atoms with E-state index in [0.717, 1.165) is 0 Å². The number of alkyl halides is 1. The van der Waals surface area contributed by atoms with E-state index < -0.39 is 11.9 Å². The van der Waals surface area contributed by atoms with Crippen molar-refractivity contribution in [2.45, 2.75) is 0 Å². The summed E-state index contributed by atoms with van der Waals surface area (Å²) < 4.78 is 0. The number of carbonyl (C=O) groups excluding carboxylic acids is 2. The molecular weight excluding hydrogens is 170 g/mol. The molecule has 0 aliphatic rings. The number of rotatable bonds is 4. The van der Waals surface area contributed by atoms with Crippen molar-refractivity contribution in [3.8, 4) is 0 Å². The van der Waals surface area contributed by atoms with E-state index in [4.69, 9.17) is 17.3 Å². The number of hydrogen-bond acceptors (Lipinski definition) is 2. The van der Waals surface area contributed by atoms with Gasteiger partial charge in [-0.1, -0.05) is 0 Å². The van der Waals surface area contributed by atoms with Gasteiger partial charge in [0.2, 0.25) is 5.91 Å². The molecule has 0 fully saturated rings. The number of urea groups is 1. The van der Waals surface area contributed by atoms with Crippen LogP contribution >= 0.6 is 11.6 Å². The van der Waals surface area contributed by atoms with Crippen molar-refractivity contribution < 1.29 is 9.59 Å².